The summed E-state index contributed by atoms with van der Waals surface area (Å²) in [7, 11) is 0. The highest BCUT2D eigenvalue weighted by atomic mass is 127. The lowest BCUT2D eigenvalue weighted by atomic mass is 10.2. The van der Waals surface area contributed by atoms with E-state index in [9.17, 15) is 4.79 Å². The van der Waals surface area contributed by atoms with Crippen LogP contribution in [0.5, 0.6) is 5.75 Å². The van der Waals surface area contributed by atoms with E-state index in [1.54, 1.807) is 30.6 Å². The van der Waals surface area contributed by atoms with Crippen LogP contribution in [0, 0.1) is 0 Å². The molecule has 4 aromatic rings. The molecule has 0 saturated carbocycles. The summed E-state index contributed by atoms with van der Waals surface area (Å²) in [5, 5.41) is 3.63. The second-order valence-electron chi connectivity index (χ2n) is 6.21. The molecule has 0 radical (unpaired) electrons. The summed E-state index contributed by atoms with van der Waals surface area (Å²) >= 11 is 14.2. The van der Waals surface area contributed by atoms with Gasteiger partial charge in [0, 0.05) is 16.9 Å². The Morgan fingerprint density at radius 1 is 1.07 bits per heavy atom. The number of hydrogen-bond acceptors (Lipinski definition) is 4. The van der Waals surface area contributed by atoms with Gasteiger partial charge in [0.25, 0.3) is 5.91 Å². The number of rotatable bonds is 5. The van der Waals surface area contributed by atoms with Gasteiger partial charge in [-0.15, -0.1) is 0 Å². The summed E-state index contributed by atoms with van der Waals surface area (Å²) < 4.78 is 7.03. The fraction of sp³-hybridized carbons (Fsp3) is 0.0500. The predicted octanol–water partition coefficient (Wildman–Crippen LogP) is 5.77. The molecule has 0 unspecified atom stereocenters. The zero-order chi connectivity index (χ0) is 20.4. The van der Waals surface area contributed by atoms with Crippen LogP contribution in [0.3, 0.4) is 0 Å². The maximum Gasteiger partial charge on any atom is 0.258 e. The fourth-order valence-electron chi connectivity index (χ4n) is 2.82. The van der Waals surface area contributed by atoms with E-state index < -0.39 is 0 Å². The largest absolute Gasteiger partial charge is 0.428 e. The van der Waals surface area contributed by atoms with Gasteiger partial charge in [-0.25, -0.2) is 9.97 Å². The first kappa shape index (κ1) is 19.9. The maximum absolute atomic E-state index is 12.6. The number of imidazole rings is 1. The highest BCUT2D eigenvalue weighted by Gasteiger charge is 2.17. The molecule has 2 aromatic carbocycles. The van der Waals surface area contributed by atoms with Gasteiger partial charge in [-0.05, 0) is 42.0 Å². The number of pyridine rings is 1. The number of hydrogen-bond donors (Lipinski definition) is 1. The Morgan fingerprint density at radius 3 is 2.48 bits per heavy atom. The van der Waals surface area contributed by atoms with Crippen LogP contribution in [0.25, 0.3) is 11.2 Å². The monoisotopic (exact) mass is 538 g/mol. The summed E-state index contributed by atoms with van der Waals surface area (Å²) in [6.45, 7) is 0.567. The van der Waals surface area contributed by atoms with Crippen molar-refractivity contribution in [2.75, 3.05) is 5.32 Å². The summed E-state index contributed by atoms with van der Waals surface area (Å²) in [6.07, 6.45) is 3.12. The molecule has 0 bridgehead atoms. The van der Waals surface area contributed by atoms with E-state index in [2.05, 4.69) is 15.3 Å². The Balaban J connectivity index is 1.59. The van der Waals surface area contributed by atoms with Crippen LogP contribution >= 0.6 is 46.2 Å². The predicted molar refractivity (Wildman–Crippen MR) is 122 cm³/mol. The number of aromatic nitrogens is 3. The second kappa shape index (κ2) is 8.56. The molecule has 0 aliphatic rings. The Hall–Kier alpha value is -2.36. The van der Waals surface area contributed by atoms with Crippen molar-refractivity contribution in [2.24, 2.45) is 0 Å². The highest BCUT2D eigenvalue weighted by molar-refractivity contribution is 14.1. The first-order valence-corrected chi connectivity index (χ1v) is 10.1. The number of carbonyl (C=O) groups is 1. The van der Waals surface area contributed by atoms with Crippen LogP contribution in [-0.4, -0.2) is 20.4 Å². The van der Waals surface area contributed by atoms with Gasteiger partial charge in [0.1, 0.15) is 11.3 Å². The Kier molecular flexibility index (Phi) is 5.89. The minimum absolute atomic E-state index is 0.253. The van der Waals surface area contributed by atoms with Crippen molar-refractivity contribution in [3.8, 4) is 5.75 Å². The third-order valence-corrected chi connectivity index (χ3v) is 5.43. The van der Waals surface area contributed by atoms with E-state index in [4.69, 9.17) is 26.3 Å². The summed E-state index contributed by atoms with van der Waals surface area (Å²) in [4.78, 5) is 21.4. The SMILES string of the molecule is O=C(Nc1ccc(Cl)cc1)c1cnc2c(ncn2Cc2ccc(OI)cc2)c1Cl. The van der Waals surface area contributed by atoms with Gasteiger partial charge in [-0.3, -0.25) is 4.79 Å². The molecule has 1 N–H and O–H groups in total. The molecule has 29 heavy (non-hydrogen) atoms. The number of nitrogens with one attached hydrogen (secondary N) is 1. The number of amides is 1. The lowest BCUT2D eigenvalue weighted by molar-refractivity contribution is 0.102. The number of nitrogens with zero attached hydrogens (tertiary/aromatic N) is 3. The minimum Gasteiger partial charge on any atom is -0.428 e. The highest BCUT2D eigenvalue weighted by Crippen LogP contribution is 2.26. The van der Waals surface area contributed by atoms with Gasteiger partial charge in [-0.2, -0.15) is 0 Å². The van der Waals surface area contributed by atoms with E-state index >= 15 is 0 Å². The first-order chi connectivity index (χ1) is 14.0. The number of carbonyl (C=O) groups excluding carboxylic acids is 1. The van der Waals surface area contributed by atoms with Crippen molar-refractivity contribution in [3.63, 3.8) is 0 Å². The Morgan fingerprint density at radius 2 is 1.79 bits per heavy atom. The number of anilines is 1. The third-order valence-electron chi connectivity index (χ3n) is 4.28. The number of halogens is 3. The zero-order valence-corrected chi connectivity index (χ0v) is 18.4. The molecule has 1 amide bonds. The second-order valence-corrected chi connectivity index (χ2v) is 7.47. The number of benzene rings is 2. The molecule has 0 spiro atoms. The quantitative estimate of drug-likeness (QED) is 0.328. The Labute approximate surface area is 190 Å². The van der Waals surface area contributed by atoms with Crippen molar-refractivity contribution >= 4 is 69.0 Å². The molecular weight excluding hydrogens is 526 g/mol. The molecule has 2 aromatic heterocycles. The van der Waals surface area contributed by atoms with Gasteiger partial charge in [0.05, 0.1) is 23.5 Å². The normalized spacial score (nSPS) is 10.9. The first-order valence-electron chi connectivity index (χ1n) is 8.49. The van der Waals surface area contributed by atoms with Crippen molar-refractivity contribution in [1.29, 1.82) is 0 Å². The average Bonchev–Trinajstić information content (AvgIpc) is 3.14. The van der Waals surface area contributed by atoms with Gasteiger partial charge < -0.3 is 13.0 Å². The molecule has 0 saturated heterocycles. The molecule has 0 fully saturated rings. The molecule has 2 heterocycles. The Bertz CT molecular complexity index is 1180. The molecular formula is C20H13Cl2IN4O2. The molecule has 146 valence electrons. The van der Waals surface area contributed by atoms with E-state index in [0.717, 1.165) is 11.3 Å². The van der Waals surface area contributed by atoms with Crippen LogP contribution in [0.1, 0.15) is 15.9 Å². The summed E-state index contributed by atoms with van der Waals surface area (Å²) in [5.74, 6) is 0.415. The molecule has 0 aliphatic carbocycles. The third kappa shape index (κ3) is 4.31. The van der Waals surface area contributed by atoms with Crippen LogP contribution in [0.15, 0.2) is 61.1 Å². The van der Waals surface area contributed by atoms with Crippen molar-refractivity contribution in [3.05, 3.63) is 82.2 Å². The standard InChI is InChI=1S/C20H13Cl2IN4O2/c21-13-3-5-14(6-4-13)26-20(28)16-9-24-19-18(17(16)22)25-11-27(19)10-12-1-7-15(29-23)8-2-12/h1-9,11H,10H2,(H,26,28). The topological polar surface area (TPSA) is 69.0 Å². The number of fused-ring (bicyclic) bond motifs is 1. The van der Waals surface area contributed by atoms with Crippen LogP contribution in [0.4, 0.5) is 5.69 Å². The average molecular weight is 539 g/mol. The van der Waals surface area contributed by atoms with Crippen molar-refractivity contribution in [1.82, 2.24) is 14.5 Å². The van der Waals surface area contributed by atoms with Crippen LogP contribution in [0.2, 0.25) is 10.0 Å². The van der Waals surface area contributed by atoms with Gasteiger partial charge >= 0.3 is 0 Å². The summed E-state index contributed by atoms with van der Waals surface area (Å²) in [5.41, 5.74) is 3.00. The molecule has 6 nitrogen and oxygen atoms in total. The van der Waals surface area contributed by atoms with E-state index in [1.807, 2.05) is 51.8 Å². The van der Waals surface area contributed by atoms with Crippen LogP contribution < -0.4 is 8.38 Å². The lowest BCUT2D eigenvalue weighted by Gasteiger charge is -2.08. The molecule has 0 atom stereocenters. The molecule has 0 aliphatic heterocycles. The molecule has 4 rings (SSSR count). The van der Waals surface area contributed by atoms with Crippen LogP contribution in [-0.2, 0) is 6.54 Å². The van der Waals surface area contributed by atoms with Gasteiger partial charge in [-0.1, -0.05) is 35.3 Å². The van der Waals surface area contributed by atoms with Crippen molar-refractivity contribution in [2.45, 2.75) is 6.54 Å². The fourth-order valence-corrected chi connectivity index (χ4v) is 3.51. The van der Waals surface area contributed by atoms with E-state index in [0.29, 0.717) is 28.4 Å². The van der Waals surface area contributed by atoms with E-state index in [1.165, 1.54) is 6.20 Å². The zero-order valence-electron chi connectivity index (χ0n) is 14.8. The molecule has 9 heteroatoms. The van der Waals surface area contributed by atoms with Crippen molar-refractivity contribution < 1.29 is 7.86 Å². The van der Waals surface area contributed by atoms with E-state index in [-0.39, 0.29) is 16.5 Å². The van der Waals surface area contributed by atoms with Gasteiger partial charge in [0.15, 0.2) is 28.7 Å². The maximum atomic E-state index is 12.6. The van der Waals surface area contributed by atoms with Gasteiger partial charge in [0.2, 0.25) is 0 Å². The minimum atomic E-state index is -0.365. The summed E-state index contributed by atoms with van der Waals surface area (Å²) in [6, 6.07) is 14.5. The smallest absolute Gasteiger partial charge is 0.258 e. The lowest BCUT2D eigenvalue weighted by Crippen LogP contribution is -2.13.